The second-order valence-corrected chi connectivity index (χ2v) is 8.02. The van der Waals surface area contributed by atoms with Gasteiger partial charge in [0.2, 0.25) is 11.7 Å². The number of esters is 1. The van der Waals surface area contributed by atoms with Gasteiger partial charge in [0.1, 0.15) is 0 Å². The molecule has 168 valence electrons. The van der Waals surface area contributed by atoms with E-state index in [4.69, 9.17) is 14.2 Å². The van der Waals surface area contributed by atoms with Crippen LogP contribution in [0.4, 0.5) is 0 Å². The van der Waals surface area contributed by atoms with Gasteiger partial charge in [-0.3, -0.25) is 9.59 Å². The smallest absolute Gasteiger partial charge is 0.335 e. The maximum atomic E-state index is 12.8. The number of aryl methyl sites for hydroxylation is 1. The van der Waals surface area contributed by atoms with Gasteiger partial charge < -0.3 is 19.5 Å². The van der Waals surface area contributed by atoms with Gasteiger partial charge in [0.15, 0.2) is 16.9 Å². The lowest BCUT2D eigenvalue weighted by atomic mass is 9.95. The quantitative estimate of drug-likeness (QED) is 0.308. The van der Waals surface area contributed by atoms with Crippen LogP contribution in [0.1, 0.15) is 30.5 Å². The second-order valence-electron chi connectivity index (χ2n) is 7.17. The molecule has 2 aromatic rings. The average molecular weight is 456 g/mol. The van der Waals surface area contributed by atoms with Crippen molar-refractivity contribution in [3.8, 4) is 28.4 Å². The van der Waals surface area contributed by atoms with Crippen molar-refractivity contribution < 1.29 is 23.8 Å². The maximum absolute atomic E-state index is 12.8. The highest BCUT2D eigenvalue weighted by Crippen LogP contribution is 2.50. The van der Waals surface area contributed by atoms with Gasteiger partial charge in [0.25, 0.3) is 0 Å². The highest BCUT2D eigenvalue weighted by Gasteiger charge is 2.30. The Hall–Kier alpha value is -3.26. The summed E-state index contributed by atoms with van der Waals surface area (Å²) in [4.78, 5) is 37.3. The van der Waals surface area contributed by atoms with Gasteiger partial charge in [-0.2, -0.15) is 0 Å². The Morgan fingerprint density at radius 2 is 1.94 bits per heavy atom. The van der Waals surface area contributed by atoms with Crippen molar-refractivity contribution in [1.29, 1.82) is 0 Å². The molecule has 0 unspecified atom stereocenters. The second kappa shape index (κ2) is 9.91. The standard InChI is InChI=1S/C24H25NO6S/c1-6-21(28)31-23-19(29-3)11-14-7-9-17(25-13(2)26)16-12-18(27)20(32-5)10-8-15(16)22(14)24(23)30-4/h6,8,10-12,17H,1,7,9H2,2-5H3,(H,25,26)/t17-/m0/s1. The molecule has 8 heteroatoms. The van der Waals surface area contributed by atoms with Crippen LogP contribution in [0.15, 0.2) is 46.6 Å². The third-order valence-electron chi connectivity index (χ3n) is 5.26. The normalized spacial score (nSPS) is 14.3. The number of rotatable bonds is 6. The van der Waals surface area contributed by atoms with Crippen LogP contribution in [0, 0.1) is 0 Å². The van der Waals surface area contributed by atoms with Gasteiger partial charge in [-0.15, -0.1) is 11.8 Å². The molecule has 1 N–H and O–H groups in total. The third kappa shape index (κ3) is 4.50. The highest BCUT2D eigenvalue weighted by atomic mass is 32.2. The fourth-order valence-electron chi connectivity index (χ4n) is 3.91. The van der Waals surface area contributed by atoms with Crippen LogP contribution in [0.2, 0.25) is 0 Å². The Morgan fingerprint density at radius 1 is 1.19 bits per heavy atom. The minimum Gasteiger partial charge on any atom is -0.493 e. The zero-order chi connectivity index (χ0) is 23.4. The number of thioether (sulfide) groups is 1. The molecule has 0 spiro atoms. The predicted octanol–water partition coefficient (Wildman–Crippen LogP) is 3.67. The Bertz CT molecular complexity index is 1140. The van der Waals surface area contributed by atoms with E-state index in [9.17, 15) is 14.4 Å². The average Bonchev–Trinajstić information content (AvgIpc) is 3.01. The minimum absolute atomic E-state index is 0.126. The van der Waals surface area contributed by atoms with Crippen LogP contribution >= 0.6 is 11.8 Å². The summed E-state index contributed by atoms with van der Waals surface area (Å²) >= 11 is 1.35. The SMILES string of the molecule is C=CC(=O)Oc1c(OC)cc2c(c1OC)-c1ccc(SC)c(=O)cc1[C@@H](NC(C)=O)CC2. The molecular weight excluding hydrogens is 430 g/mol. The molecular formula is C24H25NO6S. The van der Waals surface area contributed by atoms with Crippen LogP contribution in [-0.2, 0) is 16.0 Å². The molecule has 0 saturated heterocycles. The number of hydrogen-bond donors (Lipinski definition) is 1. The Morgan fingerprint density at radius 3 is 2.53 bits per heavy atom. The number of ether oxygens (including phenoxy) is 3. The first-order valence-electron chi connectivity index (χ1n) is 9.96. The first kappa shape index (κ1) is 23.4. The molecule has 1 aliphatic carbocycles. The third-order valence-corrected chi connectivity index (χ3v) is 6.04. The van der Waals surface area contributed by atoms with Crippen LogP contribution in [0.5, 0.6) is 17.2 Å². The van der Waals surface area contributed by atoms with E-state index in [1.54, 1.807) is 18.2 Å². The molecule has 0 bridgehead atoms. The number of amides is 1. The van der Waals surface area contributed by atoms with Crippen molar-refractivity contribution in [1.82, 2.24) is 5.32 Å². The van der Waals surface area contributed by atoms with Crippen molar-refractivity contribution >= 4 is 23.6 Å². The van der Waals surface area contributed by atoms with Crippen molar-refractivity contribution in [3.05, 3.63) is 58.3 Å². The summed E-state index contributed by atoms with van der Waals surface area (Å²) in [5.74, 6) is -0.0761. The van der Waals surface area contributed by atoms with Gasteiger partial charge in [-0.25, -0.2) is 4.79 Å². The summed E-state index contributed by atoms with van der Waals surface area (Å²) in [6.45, 7) is 4.89. The van der Waals surface area contributed by atoms with E-state index in [1.807, 2.05) is 12.3 Å². The monoisotopic (exact) mass is 455 g/mol. The molecule has 0 fully saturated rings. The van der Waals surface area contributed by atoms with Crippen LogP contribution < -0.4 is 25.0 Å². The lowest BCUT2D eigenvalue weighted by Crippen LogP contribution is -2.26. The van der Waals surface area contributed by atoms with Crippen LogP contribution in [0.25, 0.3) is 11.1 Å². The van der Waals surface area contributed by atoms with Crippen molar-refractivity contribution in [2.75, 3.05) is 20.5 Å². The minimum atomic E-state index is -0.656. The van der Waals surface area contributed by atoms with E-state index in [1.165, 1.54) is 32.9 Å². The molecule has 0 radical (unpaired) electrons. The number of fused-ring (bicyclic) bond motifs is 3. The highest BCUT2D eigenvalue weighted by molar-refractivity contribution is 7.98. The molecule has 1 atom stereocenters. The number of benzene rings is 1. The molecule has 2 aromatic carbocycles. The van der Waals surface area contributed by atoms with Crippen molar-refractivity contribution in [2.24, 2.45) is 0 Å². The molecule has 0 saturated carbocycles. The molecule has 0 aromatic heterocycles. The molecule has 3 rings (SSSR count). The topological polar surface area (TPSA) is 90.9 Å². The van der Waals surface area contributed by atoms with Gasteiger partial charge in [-0.1, -0.05) is 12.6 Å². The fourth-order valence-corrected chi connectivity index (χ4v) is 4.37. The lowest BCUT2D eigenvalue weighted by molar-refractivity contribution is -0.129. The van der Waals surface area contributed by atoms with Crippen LogP contribution in [-0.4, -0.2) is 32.4 Å². The summed E-state index contributed by atoms with van der Waals surface area (Å²) in [6.07, 6.45) is 4.03. The Kier molecular flexibility index (Phi) is 7.25. The van der Waals surface area contributed by atoms with E-state index in [0.29, 0.717) is 45.9 Å². The van der Waals surface area contributed by atoms with Gasteiger partial charge in [0.05, 0.1) is 25.2 Å². The molecule has 7 nitrogen and oxygen atoms in total. The molecule has 1 aliphatic rings. The number of hydrogen-bond acceptors (Lipinski definition) is 7. The first-order chi connectivity index (χ1) is 15.3. The van der Waals surface area contributed by atoms with E-state index in [2.05, 4.69) is 11.9 Å². The molecule has 0 heterocycles. The number of nitrogens with one attached hydrogen (secondary N) is 1. The molecule has 0 aliphatic heterocycles. The van der Waals surface area contributed by atoms with Gasteiger partial charge in [-0.05, 0) is 54.0 Å². The van der Waals surface area contributed by atoms with Gasteiger partial charge >= 0.3 is 5.97 Å². The van der Waals surface area contributed by atoms with Crippen molar-refractivity contribution in [2.45, 2.75) is 30.7 Å². The van der Waals surface area contributed by atoms with E-state index in [0.717, 1.165) is 11.6 Å². The maximum Gasteiger partial charge on any atom is 0.335 e. The van der Waals surface area contributed by atoms with Gasteiger partial charge in [0, 0.05) is 18.6 Å². The predicted molar refractivity (Wildman–Crippen MR) is 124 cm³/mol. The van der Waals surface area contributed by atoms with Crippen molar-refractivity contribution in [3.63, 3.8) is 0 Å². The summed E-state index contributed by atoms with van der Waals surface area (Å²) in [7, 11) is 2.96. The summed E-state index contributed by atoms with van der Waals surface area (Å²) in [5.41, 5.74) is 2.82. The van der Waals surface area contributed by atoms with E-state index >= 15 is 0 Å². The van der Waals surface area contributed by atoms with E-state index < -0.39 is 5.97 Å². The zero-order valence-electron chi connectivity index (χ0n) is 18.4. The summed E-state index contributed by atoms with van der Waals surface area (Å²) in [6, 6.07) is 6.58. The summed E-state index contributed by atoms with van der Waals surface area (Å²) < 4.78 is 16.7. The van der Waals surface area contributed by atoms with Crippen LogP contribution in [0.3, 0.4) is 0 Å². The molecule has 1 amide bonds. The zero-order valence-corrected chi connectivity index (χ0v) is 19.3. The Labute approximate surface area is 190 Å². The lowest BCUT2D eigenvalue weighted by Gasteiger charge is -2.19. The largest absolute Gasteiger partial charge is 0.493 e. The summed E-state index contributed by atoms with van der Waals surface area (Å²) in [5, 5.41) is 2.96. The number of methoxy groups -OCH3 is 2. The van der Waals surface area contributed by atoms with E-state index in [-0.39, 0.29) is 23.1 Å². The number of carbonyl (C=O) groups is 2. The Balaban J connectivity index is 2.41. The fraction of sp³-hybridized carbons (Fsp3) is 0.292. The molecule has 32 heavy (non-hydrogen) atoms. The first-order valence-corrected chi connectivity index (χ1v) is 11.2. The number of carbonyl (C=O) groups excluding carboxylic acids is 2.